The SMILES string of the molecule is Cc1cc(N(C)C2CCNCC2)ncn1. The summed E-state index contributed by atoms with van der Waals surface area (Å²) < 4.78 is 0. The summed E-state index contributed by atoms with van der Waals surface area (Å²) in [5, 5.41) is 3.37. The average molecular weight is 206 g/mol. The van der Waals surface area contributed by atoms with Crippen molar-refractivity contribution in [3.05, 3.63) is 18.1 Å². The molecule has 0 unspecified atom stereocenters. The molecule has 0 amide bonds. The molecule has 0 saturated carbocycles. The van der Waals surface area contributed by atoms with E-state index in [1.54, 1.807) is 6.33 Å². The summed E-state index contributed by atoms with van der Waals surface area (Å²) in [6.07, 6.45) is 4.03. The van der Waals surface area contributed by atoms with E-state index in [0.29, 0.717) is 6.04 Å². The minimum Gasteiger partial charge on any atom is -0.356 e. The van der Waals surface area contributed by atoms with Crippen LogP contribution < -0.4 is 10.2 Å². The van der Waals surface area contributed by atoms with Crippen LogP contribution in [0.25, 0.3) is 0 Å². The highest BCUT2D eigenvalue weighted by molar-refractivity contribution is 5.38. The number of nitrogens with zero attached hydrogens (tertiary/aromatic N) is 3. The second-order valence-electron chi connectivity index (χ2n) is 4.11. The molecule has 1 aliphatic rings. The summed E-state index contributed by atoms with van der Waals surface area (Å²) in [7, 11) is 2.12. The Bertz CT molecular complexity index is 320. The van der Waals surface area contributed by atoms with Crippen LogP contribution in [0.2, 0.25) is 0 Å². The molecule has 0 aliphatic carbocycles. The van der Waals surface area contributed by atoms with Crippen LogP contribution in [0.4, 0.5) is 5.82 Å². The molecular weight excluding hydrogens is 188 g/mol. The number of rotatable bonds is 2. The quantitative estimate of drug-likeness (QED) is 0.783. The molecule has 4 heteroatoms. The lowest BCUT2D eigenvalue weighted by Gasteiger charge is -2.32. The van der Waals surface area contributed by atoms with Crippen LogP contribution in [-0.2, 0) is 0 Å². The highest BCUT2D eigenvalue weighted by Crippen LogP contribution is 2.17. The van der Waals surface area contributed by atoms with Gasteiger partial charge in [-0.3, -0.25) is 0 Å². The third kappa shape index (κ3) is 2.45. The maximum atomic E-state index is 4.31. The van der Waals surface area contributed by atoms with Gasteiger partial charge in [-0.05, 0) is 32.9 Å². The van der Waals surface area contributed by atoms with Gasteiger partial charge in [0.1, 0.15) is 12.1 Å². The number of aromatic nitrogens is 2. The van der Waals surface area contributed by atoms with Crippen molar-refractivity contribution in [2.75, 3.05) is 25.0 Å². The Labute approximate surface area is 90.7 Å². The van der Waals surface area contributed by atoms with E-state index >= 15 is 0 Å². The fourth-order valence-electron chi connectivity index (χ4n) is 2.01. The van der Waals surface area contributed by atoms with Crippen LogP contribution in [0.1, 0.15) is 18.5 Å². The molecule has 82 valence electrons. The topological polar surface area (TPSA) is 41.0 Å². The molecule has 1 aromatic rings. The van der Waals surface area contributed by atoms with Gasteiger partial charge in [-0.15, -0.1) is 0 Å². The Morgan fingerprint density at radius 1 is 1.33 bits per heavy atom. The van der Waals surface area contributed by atoms with Crippen molar-refractivity contribution in [1.82, 2.24) is 15.3 Å². The average Bonchev–Trinajstić information content (AvgIpc) is 2.29. The molecule has 0 aromatic carbocycles. The van der Waals surface area contributed by atoms with Crippen molar-refractivity contribution in [3.63, 3.8) is 0 Å². The number of anilines is 1. The molecule has 1 fully saturated rings. The Hall–Kier alpha value is -1.16. The third-order valence-electron chi connectivity index (χ3n) is 3.01. The lowest BCUT2D eigenvalue weighted by atomic mass is 10.1. The van der Waals surface area contributed by atoms with Crippen LogP contribution in [0.5, 0.6) is 0 Å². The first-order chi connectivity index (χ1) is 7.27. The molecule has 0 spiro atoms. The zero-order valence-electron chi connectivity index (χ0n) is 9.40. The fourth-order valence-corrected chi connectivity index (χ4v) is 2.01. The first-order valence-corrected chi connectivity index (χ1v) is 5.49. The van der Waals surface area contributed by atoms with E-state index in [0.717, 1.165) is 24.6 Å². The second-order valence-corrected chi connectivity index (χ2v) is 4.11. The number of hydrogen-bond acceptors (Lipinski definition) is 4. The van der Waals surface area contributed by atoms with Crippen LogP contribution >= 0.6 is 0 Å². The molecule has 1 aromatic heterocycles. The number of piperidine rings is 1. The van der Waals surface area contributed by atoms with E-state index < -0.39 is 0 Å². The number of aryl methyl sites for hydroxylation is 1. The summed E-state index contributed by atoms with van der Waals surface area (Å²) in [4.78, 5) is 10.7. The number of hydrogen-bond donors (Lipinski definition) is 1. The molecule has 4 nitrogen and oxygen atoms in total. The molecular formula is C11H18N4. The molecule has 0 radical (unpaired) electrons. The van der Waals surface area contributed by atoms with Crippen molar-refractivity contribution in [2.45, 2.75) is 25.8 Å². The molecule has 1 aliphatic heterocycles. The molecule has 0 atom stereocenters. The minimum atomic E-state index is 0.612. The lowest BCUT2D eigenvalue weighted by molar-refractivity contribution is 0.441. The Morgan fingerprint density at radius 2 is 2.07 bits per heavy atom. The first-order valence-electron chi connectivity index (χ1n) is 5.49. The van der Waals surface area contributed by atoms with Gasteiger partial charge in [-0.1, -0.05) is 0 Å². The van der Waals surface area contributed by atoms with Crippen molar-refractivity contribution in [2.24, 2.45) is 0 Å². The zero-order valence-corrected chi connectivity index (χ0v) is 9.40. The van der Waals surface area contributed by atoms with Crippen LogP contribution in [0.15, 0.2) is 12.4 Å². The first kappa shape index (κ1) is 10.4. The highest BCUT2D eigenvalue weighted by atomic mass is 15.2. The summed E-state index contributed by atoms with van der Waals surface area (Å²) in [6, 6.07) is 2.66. The van der Waals surface area contributed by atoms with E-state index in [1.165, 1.54) is 12.8 Å². The summed E-state index contributed by atoms with van der Waals surface area (Å²) in [5.41, 5.74) is 1.03. The fraction of sp³-hybridized carbons (Fsp3) is 0.636. The maximum absolute atomic E-state index is 4.31. The van der Waals surface area contributed by atoms with E-state index in [-0.39, 0.29) is 0 Å². The van der Waals surface area contributed by atoms with Gasteiger partial charge in [-0.25, -0.2) is 9.97 Å². The smallest absolute Gasteiger partial charge is 0.132 e. The Morgan fingerprint density at radius 3 is 2.73 bits per heavy atom. The minimum absolute atomic E-state index is 0.612. The van der Waals surface area contributed by atoms with Crippen LogP contribution in [0.3, 0.4) is 0 Å². The second kappa shape index (κ2) is 4.57. The van der Waals surface area contributed by atoms with E-state index in [2.05, 4.69) is 27.2 Å². The predicted molar refractivity (Wildman–Crippen MR) is 61.1 cm³/mol. The molecule has 0 bridgehead atoms. The van der Waals surface area contributed by atoms with Crippen LogP contribution in [0, 0.1) is 6.92 Å². The Balaban J connectivity index is 2.08. The van der Waals surface area contributed by atoms with Crippen molar-refractivity contribution >= 4 is 5.82 Å². The largest absolute Gasteiger partial charge is 0.356 e. The van der Waals surface area contributed by atoms with E-state index in [1.807, 2.05) is 13.0 Å². The van der Waals surface area contributed by atoms with Crippen molar-refractivity contribution in [1.29, 1.82) is 0 Å². The van der Waals surface area contributed by atoms with Crippen molar-refractivity contribution < 1.29 is 0 Å². The maximum Gasteiger partial charge on any atom is 0.132 e. The number of nitrogens with one attached hydrogen (secondary N) is 1. The Kier molecular flexibility index (Phi) is 3.16. The van der Waals surface area contributed by atoms with E-state index in [9.17, 15) is 0 Å². The van der Waals surface area contributed by atoms with Gasteiger partial charge < -0.3 is 10.2 Å². The molecule has 2 heterocycles. The van der Waals surface area contributed by atoms with Gasteiger partial charge in [0.15, 0.2) is 0 Å². The zero-order chi connectivity index (χ0) is 10.7. The monoisotopic (exact) mass is 206 g/mol. The normalized spacial score (nSPS) is 17.7. The van der Waals surface area contributed by atoms with Gasteiger partial charge >= 0.3 is 0 Å². The molecule has 2 rings (SSSR count). The predicted octanol–water partition coefficient (Wildman–Crippen LogP) is 0.973. The summed E-state index contributed by atoms with van der Waals surface area (Å²) in [5.74, 6) is 1.04. The van der Waals surface area contributed by atoms with Gasteiger partial charge in [0.05, 0.1) is 0 Å². The van der Waals surface area contributed by atoms with Crippen molar-refractivity contribution in [3.8, 4) is 0 Å². The molecule has 1 saturated heterocycles. The standard InChI is InChI=1S/C11H18N4/c1-9-7-11(14-8-13-9)15(2)10-3-5-12-6-4-10/h7-8,10,12H,3-6H2,1-2H3. The van der Waals surface area contributed by atoms with Gasteiger partial charge in [-0.2, -0.15) is 0 Å². The van der Waals surface area contributed by atoms with E-state index in [4.69, 9.17) is 0 Å². The van der Waals surface area contributed by atoms with Gasteiger partial charge in [0.25, 0.3) is 0 Å². The lowest BCUT2D eigenvalue weighted by Crippen LogP contribution is -2.41. The molecule has 1 N–H and O–H groups in total. The highest BCUT2D eigenvalue weighted by Gasteiger charge is 2.18. The summed E-state index contributed by atoms with van der Waals surface area (Å²) >= 11 is 0. The third-order valence-corrected chi connectivity index (χ3v) is 3.01. The van der Waals surface area contributed by atoms with Crippen LogP contribution in [-0.4, -0.2) is 36.1 Å². The molecule has 15 heavy (non-hydrogen) atoms. The van der Waals surface area contributed by atoms with Gasteiger partial charge in [0.2, 0.25) is 0 Å². The summed E-state index contributed by atoms with van der Waals surface area (Å²) in [6.45, 7) is 4.22. The van der Waals surface area contributed by atoms with Gasteiger partial charge in [0, 0.05) is 24.8 Å².